The molecule has 0 unspecified atom stereocenters. The molecule has 0 spiro atoms. The number of hydrogen-bond donors (Lipinski definition) is 1. The van der Waals surface area contributed by atoms with Crippen LogP contribution in [0.2, 0.25) is 0 Å². The van der Waals surface area contributed by atoms with Crippen molar-refractivity contribution in [2.75, 3.05) is 64.8 Å². The first-order valence-corrected chi connectivity index (χ1v) is 11.2. The second-order valence-electron chi connectivity index (χ2n) is 8.81. The molecule has 8 heteroatoms. The zero-order valence-electron chi connectivity index (χ0n) is 18.7. The van der Waals surface area contributed by atoms with Crippen LogP contribution in [0.5, 0.6) is 0 Å². The van der Waals surface area contributed by atoms with Crippen LogP contribution in [0.25, 0.3) is 10.9 Å². The van der Waals surface area contributed by atoms with E-state index in [4.69, 9.17) is 0 Å². The first kappa shape index (κ1) is 21.8. The van der Waals surface area contributed by atoms with Crippen LogP contribution in [-0.4, -0.2) is 80.2 Å². The third kappa shape index (κ3) is 4.60. The average Bonchev–Trinajstić information content (AvgIpc) is 3.59. The number of amides is 1. The largest absolute Gasteiger partial charge is 0.367 e. The van der Waals surface area contributed by atoms with Crippen molar-refractivity contribution in [2.45, 2.75) is 25.8 Å². The fraction of sp³-hybridized carbons (Fsp3) is 0.565. The Balaban J connectivity index is 1.70. The van der Waals surface area contributed by atoms with Crippen molar-refractivity contribution in [3.63, 3.8) is 0 Å². The molecule has 2 aromatic rings. The van der Waals surface area contributed by atoms with Crippen LogP contribution in [-0.2, 0) is 0 Å². The number of pyridine rings is 1. The maximum atomic E-state index is 15.1. The van der Waals surface area contributed by atoms with Crippen LogP contribution >= 0.6 is 0 Å². The van der Waals surface area contributed by atoms with Gasteiger partial charge >= 0.3 is 0 Å². The lowest BCUT2D eigenvalue weighted by Crippen LogP contribution is -2.46. The Bertz CT molecular complexity index is 1020. The molecule has 1 aliphatic carbocycles. The van der Waals surface area contributed by atoms with Crippen LogP contribution in [0.1, 0.15) is 36.2 Å². The molecule has 1 aromatic carbocycles. The van der Waals surface area contributed by atoms with Gasteiger partial charge in [0.05, 0.1) is 11.2 Å². The highest BCUT2D eigenvalue weighted by atomic mass is 19.1. The number of hydrogen-bond acceptors (Lipinski definition) is 5. The number of aromatic nitrogens is 1. The molecule has 7 nitrogen and oxygen atoms in total. The second kappa shape index (κ2) is 8.96. The summed E-state index contributed by atoms with van der Waals surface area (Å²) in [6.45, 7) is 7.57. The van der Waals surface area contributed by atoms with E-state index >= 15 is 4.39 Å². The number of likely N-dealkylation sites (N-methyl/N-ethyl adjacent to an activating group) is 2. The van der Waals surface area contributed by atoms with Crippen molar-refractivity contribution in [3.8, 4) is 0 Å². The number of fused-ring (bicyclic) bond motifs is 1. The zero-order valence-corrected chi connectivity index (χ0v) is 18.7. The van der Waals surface area contributed by atoms with Crippen molar-refractivity contribution in [2.24, 2.45) is 0 Å². The van der Waals surface area contributed by atoms with E-state index in [2.05, 4.69) is 22.0 Å². The lowest BCUT2D eigenvalue weighted by molar-refractivity contribution is 0.0949. The third-order valence-corrected chi connectivity index (χ3v) is 6.29. The first-order chi connectivity index (χ1) is 14.9. The number of halogens is 1. The maximum Gasteiger partial charge on any atom is 0.256 e. The van der Waals surface area contributed by atoms with Gasteiger partial charge in [0.1, 0.15) is 11.4 Å². The second-order valence-corrected chi connectivity index (χ2v) is 8.81. The number of benzene rings is 1. The third-order valence-electron chi connectivity index (χ3n) is 6.29. The molecule has 4 rings (SSSR count). The summed E-state index contributed by atoms with van der Waals surface area (Å²) in [6, 6.07) is 3.39. The molecule has 1 saturated carbocycles. The van der Waals surface area contributed by atoms with E-state index < -0.39 is 17.2 Å². The van der Waals surface area contributed by atoms with Crippen molar-refractivity contribution in [3.05, 3.63) is 39.9 Å². The van der Waals surface area contributed by atoms with Crippen molar-refractivity contribution >= 4 is 22.5 Å². The van der Waals surface area contributed by atoms with Crippen LogP contribution in [0, 0.1) is 5.82 Å². The Morgan fingerprint density at radius 1 is 1.19 bits per heavy atom. The molecule has 1 amide bonds. The summed E-state index contributed by atoms with van der Waals surface area (Å²) in [5, 5.41) is 3.09. The molecule has 1 saturated heterocycles. The molecular formula is C23H32FN5O2. The van der Waals surface area contributed by atoms with Crippen LogP contribution in [0.15, 0.2) is 23.1 Å². The van der Waals surface area contributed by atoms with Crippen molar-refractivity contribution < 1.29 is 9.18 Å². The zero-order chi connectivity index (χ0) is 22.1. The normalized spacial score (nSPS) is 17.5. The Labute approximate surface area is 182 Å². The van der Waals surface area contributed by atoms with Crippen LogP contribution < -0.4 is 15.6 Å². The van der Waals surface area contributed by atoms with E-state index in [1.54, 1.807) is 12.3 Å². The fourth-order valence-corrected chi connectivity index (χ4v) is 4.21. The minimum atomic E-state index is -0.407. The smallest absolute Gasteiger partial charge is 0.256 e. The number of carbonyl (C=O) groups excluding carboxylic acids is 1. The summed E-state index contributed by atoms with van der Waals surface area (Å²) >= 11 is 0. The number of piperazine rings is 1. The molecule has 0 bridgehead atoms. The quantitative estimate of drug-likeness (QED) is 0.729. The number of rotatable bonds is 7. The summed E-state index contributed by atoms with van der Waals surface area (Å²) in [6.07, 6.45) is 3.67. The first-order valence-electron chi connectivity index (χ1n) is 11.2. The van der Waals surface area contributed by atoms with Gasteiger partial charge in [0.25, 0.3) is 5.91 Å². The minimum absolute atomic E-state index is 0.0851. The molecule has 1 aliphatic heterocycles. The molecule has 2 aliphatic rings. The molecule has 2 heterocycles. The fourth-order valence-electron chi connectivity index (χ4n) is 4.21. The van der Waals surface area contributed by atoms with Crippen molar-refractivity contribution in [1.29, 1.82) is 0 Å². The van der Waals surface area contributed by atoms with Gasteiger partial charge < -0.3 is 24.6 Å². The average molecular weight is 430 g/mol. The molecule has 0 atom stereocenters. The van der Waals surface area contributed by atoms with E-state index in [-0.39, 0.29) is 17.0 Å². The topological polar surface area (TPSA) is 60.8 Å². The summed E-state index contributed by atoms with van der Waals surface area (Å²) in [7, 11) is 3.84. The van der Waals surface area contributed by atoms with E-state index in [0.29, 0.717) is 24.3 Å². The van der Waals surface area contributed by atoms with Gasteiger partial charge in [-0.3, -0.25) is 9.59 Å². The number of anilines is 1. The lowest BCUT2D eigenvalue weighted by atomic mass is 10.1. The number of carbonyl (C=O) groups is 1. The SMILES string of the molecule is CCN1CCN(c2cc3c(cc2F)c(=O)c(C(=O)NCCN(C)C)cn3C2CC2)CC1. The molecular weight excluding hydrogens is 397 g/mol. The van der Waals surface area contributed by atoms with Gasteiger partial charge in [0.15, 0.2) is 0 Å². The van der Waals surface area contributed by atoms with Gasteiger partial charge in [-0.25, -0.2) is 4.39 Å². The van der Waals surface area contributed by atoms with Crippen LogP contribution in [0.4, 0.5) is 10.1 Å². The standard InChI is InChI=1S/C23H32FN5O2/c1-4-27-9-11-28(12-10-27)21-14-20-17(13-19(21)24)22(30)18(15-29(20)16-5-6-16)23(31)25-7-8-26(2)3/h13-16H,4-12H2,1-3H3,(H,25,31). The highest BCUT2D eigenvalue weighted by Gasteiger charge is 2.28. The number of nitrogens with zero attached hydrogens (tertiary/aromatic N) is 4. The Morgan fingerprint density at radius 2 is 1.90 bits per heavy atom. The summed E-state index contributed by atoms with van der Waals surface area (Å²) < 4.78 is 17.1. The predicted octanol–water partition coefficient (Wildman–Crippen LogP) is 1.91. The summed E-state index contributed by atoms with van der Waals surface area (Å²) in [5.74, 6) is -0.801. The predicted molar refractivity (Wildman–Crippen MR) is 122 cm³/mol. The van der Waals surface area contributed by atoms with Gasteiger partial charge in [-0.15, -0.1) is 0 Å². The highest BCUT2D eigenvalue weighted by Crippen LogP contribution is 2.38. The lowest BCUT2D eigenvalue weighted by Gasteiger charge is -2.35. The Morgan fingerprint density at radius 3 is 2.52 bits per heavy atom. The molecule has 1 N–H and O–H groups in total. The molecule has 168 valence electrons. The van der Waals surface area contributed by atoms with Crippen LogP contribution in [0.3, 0.4) is 0 Å². The van der Waals surface area contributed by atoms with E-state index in [1.807, 2.05) is 23.6 Å². The maximum absolute atomic E-state index is 15.1. The van der Waals surface area contributed by atoms with E-state index in [9.17, 15) is 9.59 Å². The molecule has 2 fully saturated rings. The van der Waals surface area contributed by atoms with Gasteiger partial charge in [0, 0.05) is 56.9 Å². The van der Waals surface area contributed by atoms with E-state index in [0.717, 1.165) is 45.6 Å². The van der Waals surface area contributed by atoms with Gasteiger partial charge in [-0.2, -0.15) is 0 Å². The Kier molecular flexibility index (Phi) is 6.29. The van der Waals surface area contributed by atoms with Gasteiger partial charge in [0.2, 0.25) is 5.43 Å². The summed E-state index contributed by atoms with van der Waals surface area (Å²) in [4.78, 5) is 32.2. The summed E-state index contributed by atoms with van der Waals surface area (Å²) in [5.41, 5.74) is 0.935. The van der Waals surface area contributed by atoms with Gasteiger partial charge in [-0.05, 0) is 45.6 Å². The van der Waals surface area contributed by atoms with Crippen molar-refractivity contribution in [1.82, 2.24) is 19.7 Å². The molecule has 1 aromatic heterocycles. The highest BCUT2D eigenvalue weighted by molar-refractivity contribution is 5.98. The monoisotopic (exact) mass is 429 g/mol. The molecule has 31 heavy (non-hydrogen) atoms. The van der Waals surface area contributed by atoms with E-state index in [1.165, 1.54) is 6.07 Å². The number of nitrogens with one attached hydrogen (secondary N) is 1. The van der Waals surface area contributed by atoms with Gasteiger partial charge in [-0.1, -0.05) is 6.92 Å². The Hall–Kier alpha value is -2.45. The molecule has 0 radical (unpaired) electrons. The minimum Gasteiger partial charge on any atom is -0.367 e.